The van der Waals surface area contributed by atoms with Crippen molar-refractivity contribution in [1.82, 2.24) is 4.98 Å². The third kappa shape index (κ3) is 2.36. The number of pyridine rings is 1. The summed E-state index contributed by atoms with van der Waals surface area (Å²) >= 11 is 5.19. The summed E-state index contributed by atoms with van der Waals surface area (Å²) in [7, 11) is 0. The Balaban J connectivity index is 2.14. The Bertz CT molecular complexity index is 660. The minimum atomic E-state index is 0.129. The van der Waals surface area contributed by atoms with Crippen molar-refractivity contribution < 1.29 is 0 Å². The molecule has 0 radical (unpaired) electrons. The Morgan fingerprint density at radius 1 is 1.30 bits per heavy atom. The van der Waals surface area contributed by atoms with E-state index in [0.717, 1.165) is 22.2 Å². The van der Waals surface area contributed by atoms with Crippen LogP contribution in [-0.2, 0) is 0 Å². The molecule has 1 saturated carbocycles. The molecule has 0 saturated heterocycles. The Kier molecular flexibility index (Phi) is 3.34. The molecular weight excluding hydrogens is 266 g/mol. The maximum Gasteiger partial charge on any atom is 0.107 e. The minimum Gasteiger partial charge on any atom is -0.389 e. The first-order chi connectivity index (χ1) is 9.59. The standard InChI is InChI=1S/C16H19N3S/c1-16(8-4-5-9-16)19-14-11-6-2-3-7-13(11)18-10-12(14)15(17)20/h2-3,6-7,10H,4-5,8-9H2,1H3,(H2,17,20)(H,18,19). The van der Waals surface area contributed by atoms with Crippen molar-refractivity contribution >= 4 is 33.8 Å². The van der Waals surface area contributed by atoms with Crippen molar-refractivity contribution in [3.05, 3.63) is 36.0 Å². The molecule has 2 aromatic rings. The Morgan fingerprint density at radius 2 is 2.00 bits per heavy atom. The lowest BCUT2D eigenvalue weighted by Gasteiger charge is -2.28. The second-order valence-corrected chi connectivity index (χ2v) is 6.26. The molecule has 1 aliphatic carbocycles. The molecule has 3 rings (SSSR count). The van der Waals surface area contributed by atoms with Gasteiger partial charge in [0.25, 0.3) is 0 Å². The van der Waals surface area contributed by atoms with Crippen LogP contribution in [0.2, 0.25) is 0 Å². The lowest BCUT2D eigenvalue weighted by Crippen LogP contribution is -2.32. The van der Waals surface area contributed by atoms with Gasteiger partial charge in [0.1, 0.15) is 4.99 Å². The summed E-state index contributed by atoms with van der Waals surface area (Å²) in [6, 6.07) is 8.11. The zero-order valence-electron chi connectivity index (χ0n) is 11.6. The van der Waals surface area contributed by atoms with Gasteiger partial charge in [0.05, 0.1) is 16.8 Å². The highest BCUT2D eigenvalue weighted by Crippen LogP contribution is 2.36. The number of thiocarbonyl (C=S) groups is 1. The van der Waals surface area contributed by atoms with E-state index in [1.165, 1.54) is 25.7 Å². The van der Waals surface area contributed by atoms with Crippen LogP contribution >= 0.6 is 12.2 Å². The second kappa shape index (κ2) is 5.02. The number of hydrogen-bond acceptors (Lipinski definition) is 3. The van der Waals surface area contributed by atoms with Gasteiger partial charge >= 0.3 is 0 Å². The van der Waals surface area contributed by atoms with E-state index in [1.54, 1.807) is 6.20 Å². The number of rotatable bonds is 3. The van der Waals surface area contributed by atoms with E-state index < -0.39 is 0 Å². The third-order valence-corrected chi connectivity index (χ3v) is 4.39. The van der Waals surface area contributed by atoms with E-state index in [4.69, 9.17) is 18.0 Å². The lowest BCUT2D eigenvalue weighted by molar-refractivity contribution is 0.534. The summed E-state index contributed by atoms with van der Waals surface area (Å²) in [4.78, 5) is 4.85. The van der Waals surface area contributed by atoms with Crippen LogP contribution in [0.25, 0.3) is 10.9 Å². The smallest absolute Gasteiger partial charge is 0.107 e. The average molecular weight is 285 g/mol. The van der Waals surface area contributed by atoms with Crippen LogP contribution in [0.3, 0.4) is 0 Å². The van der Waals surface area contributed by atoms with Crippen LogP contribution in [0.4, 0.5) is 5.69 Å². The van der Waals surface area contributed by atoms with Crippen molar-refractivity contribution in [1.29, 1.82) is 0 Å². The fourth-order valence-electron chi connectivity index (χ4n) is 3.04. The van der Waals surface area contributed by atoms with Crippen molar-refractivity contribution in [2.24, 2.45) is 5.73 Å². The third-order valence-electron chi connectivity index (χ3n) is 4.17. The maximum absolute atomic E-state index is 5.87. The quantitative estimate of drug-likeness (QED) is 0.846. The van der Waals surface area contributed by atoms with Gasteiger partial charge in [0.15, 0.2) is 0 Å². The molecule has 0 bridgehead atoms. The van der Waals surface area contributed by atoms with Crippen LogP contribution in [0, 0.1) is 0 Å². The summed E-state index contributed by atoms with van der Waals surface area (Å²) in [6.07, 6.45) is 6.69. The number of aromatic nitrogens is 1. The molecule has 1 aromatic carbocycles. The summed E-state index contributed by atoms with van der Waals surface area (Å²) in [6.45, 7) is 2.28. The van der Waals surface area contributed by atoms with E-state index >= 15 is 0 Å². The van der Waals surface area contributed by atoms with Gasteiger partial charge in [0, 0.05) is 17.1 Å². The van der Waals surface area contributed by atoms with Crippen LogP contribution in [0.15, 0.2) is 30.5 Å². The number of benzene rings is 1. The molecular formula is C16H19N3S. The Labute approximate surface area is 124 Å². The molecule has 1 fully saturated rings. The number of nitrogens with one attached hydrogen (secondary N) is 1. The predicted molar refractivity (Wildman–Crippen MR) is 88.1 cm³/mol. The molecule has 0 amide bonds. The molecule has 3 nitrogen and oxygen atoms in total. The van der Waals surface area contributed by atoms with Crippen molar-refractivity contribution in [2.45, 2.75) is 38.1 Å². The zero-order valence-corrected chi connectivity index (χ0v) is 12.5. The highest BCUT2D eigenvalue weighted by Gasteiger charge is 2.29. The van der Waals surface area contributed by atoms with Crippen LogP contribution in [-0.4, -0.2) is 15.5 Å². The second-order valence-electron chi connectivity index (χ2n) is 5.82. The first-order valence-electron chi connectivity index (χ1n) is 7.05. The number of para-hydroxylation sites is 1. The van der Waals surface area contributed by atoms with Gasteiger partial charge in [-0.15, -0.1) is 0 Å². The van der Waals surface area contributed by atoms with Gasteiger partial charge in [-0.05, 0) is 25.8 Å². The van der Waals surface area contributed by atoms with Gasteiger partial charge in [-0.3, -0.25) is 4.98 Å². The van der Waals surface area contributed by atoms with Gasteiger partial charge in [-0.25, -0.2) is 0 Å². The largest absolute Gasteiger partial charge is 0.389 e. The minimum absolute atomic E-state index is 0.129. The number of anilines is 1. The van der Waals surface area contributed by atoms with Crippen molar-refractivity contribution in [3.63, 3.8) is 0 Å². The van der Waals surface area contributed by atoms with E-state index in [9.17, 15) is 0 Å². The topological polar surface area (TPSA) is 50.9 Å². The fraction of sp³-hybridized carbons (Fsp3) is 0.375. The van der Waals surface area contributed by atoms with Crippen LogP contribution in [0.1, 0.15) is 38.2 Å². The predicted octanol–water partition coefficient (Wildman–Crippen LogP) is 3.61. The number of nitrogens with two attached hydrogens (primary N) is 1. The van der Waals surface area contributed by atoms with E-state index in [0.29, 0.717) is 4.99 Å². The fourth-order valence-corrected chi connectivity index (χ4v) is 3.20. The summed E-state index contributed by atoms with van der Waals surface area (Å²) < 4.78 is 0. The van der Waals surface area contributed by atoms with Crippen LogP contribution < -0.4 is 11.1 Å². The maximum atomic E-state index is 5.87. The summed E-state index contributed by atoms with van der Waals surface area (Å²) in [5.74, 6) is 0. The van der Waals surface area contributed by atoms with Gasteiger partial charge in [-0.1, -0.05) is 43.3 Å². The lowest BCUT2D eigenvalue weighted by atomic mass is 9.98. The van der Waals surface area contributed by atoms with Crippen molar-refractivity contribution in [2.75, 3.05) is 5.32 Å². The highest BCUT2D eigenvalue weighted by molar-refractivity contribution is 7.80. The Hall–Kier alpha value is -1.68. The molecule has 104 valence electrons. The van der Waals surface area contributed by atoms with E-state index in [-0.39, 0.29) is 5.54 Å². The molecule has 0 aliphatic heterocycles. The molecule has 4 heteroatoms. The van der Waals surface area contributed by atoms with Gasteiger partial charge < -0.3 is 11.1 Å². The molecule has 0 spiro atoms. The average Bonchev–Trinajstić information content (AvgIpc) is 2.85. The molecule has 1 aliphatic rings. The molecule has 3 N–H and O–H groups in total. The SMILES string of the molecule is CC1(Nc2c(C(N)=S)cnc3ccccc23)CCCC1. The Morgan fingerprint density at radius 3 is 2.70 bits per heavy atom. The first kappa shape index (κ1) is 13.3. The van der Waals surface area contributed by atoms with E-state index in [2.05, 4.69) is 23.3 Å². The number of hydrogen-bond donors (Lipinski definition) is 2. The molecule has 20 heavy (non-hydrogen) atoms. The normalized spacial score (nSPS) is 17.2. The zero-order chi connectivity index (χ0) is 14.2. The molecule has 0 unspecified atom stereocenters. The van der Waals surface area contributed by atoms with Gasteiger partial charge in [0.2, 0.25) is 0 Å². The molecule has 0 atom stereocenters. The van der Waals surface area contributed by atoms with Gasteiger partial charge in [-0.2, -0.15) is 0 Å². The summed E-state index contributed by atoms with van der Waals surface area (Å²) in [5.41, 5.74) is 8.85. The molecule has 1 heterocycles. The number of nitrogens with zero attached hydrogens (tertiary/aromatic N) is 1. The highest BCUT2D eigenvalue weighted by atomic mass is 32.1. The summed E-state index contributed by atoms with van der Waals surface area (Å²) in [5, 5.41) is 4.79. The molecule has 1 aromatic heterocycles. The van der Waals surface area contributed by atoms with Crippen molar-refractivity contribution in [3.8, 4) is 0 Å². The monoisotopic (exact) mass is 285 g/mol. The number of fused-ring (bicyclic) bond motifs is 1. The first-order valence-corrected chi connectivity index (χ1v) is 7.46. The van der Waals surface area contributed by atoms with E-state index in [1.807, 2.05) is 18.2 Å². The van der Waals surface area contributed by atoms with Crippen LogP contribution in [0.5, 0.6) is 0 Å².